The first kappa shape index (κ1) is 14.5. The maximum absolute atomic E-state index is 11.9. The molecule has 5 heteroatoms. The Morgan fingerprint density at radius 3 is 2.50 bits per heavy atom. The van der Waals surface area contributed by atoms with Gasteiger partial charge in [0.2, 0.25) is 0 Å². The Morgan fingerprint density at radius 2 is 1.95 bits per heavy atom. The van der Waals surface area contributed by atoms with Crippen LogP contribution in [0.2, 0.25) is 0 Å². The van der Waals surface area contributed by atoms with Crippen molar-refractivity contribution >= 4 is 22.4 Å². The van der Waals surface area contributed by atoms with Crippen molar-refractivity contribution in [2.24, 2.45) is 0 Å². The smallest absolute Gasteiger partial charge is 0.358 e. The lowest BCUT2D eigenvalue weighted by molar-refractivity contribution is 0.0596. The van der Waals surface area contributed by atoms with Gasteiger partial charge >= 0.3 is 5.97 Å². The fraction of sp³-hybridized carbons (Fsp3) is 0.333. The van der Waals surface area contributed by atoms with E-state index in [2.05, 4.69) is 31.0 Å². The van der Waals surface area contributed by atoms with Gasteiger partial charge in [0.15, 0.2) is 10.8 Å². The zero-order valence-electron chi connectivity index (χ0n) is 12.4. The number of thiazole rings is 1. The Hall–Kier alpha value is -1.88. The van der Waals surface area contributed by atoms with E-state index in [9.17, 15) is 4.79 Å². The highest BCUT2D eigenvalue weighted by Gasteiger charge is 2.21. The monoisotopic (exact) mass is 290 g/mol. The van der Waals surface area contributed by atoms with Crippen molar-refractivity contribution in [1.29, 1.82) is 0 Å². The summed E-state index contributed by atoms with van der Waals surface area (Å²) in [7, 11) is 5.19. The molecule has 0 aliphatic carbocycles. The van der Waals surface area contributed by atoms with Crippen LogP contribution in [0.25, 0.3) is 10.4 Å². The first-order chi connectivity index (χ1) is 9.43. The number of hydrogen-bond acceptors (Lipinski definition) is 5. The molecule has 0 saturated heterocycles. The van der Waals surface area contributed by atoms with Crippen molar-refractivity contribution in [3.05, 3.63) is 35.0 Å². The van der Waals surface area contributed by atoms with E-state index in [0.717, 1.165) is 15.6 Å². The Morgan fingerprint density at radius 1 is 1.25 bits per heavy atom. The van der Waals surface area contributed by atoms with Crippen molar-refractivity contribution < 1.29 is 9.53 Å². The lowest BCUT2D eigenvalue weighted by Crippen LogP contribution is -2.09. The molecule has 0 atom stereocenters. The van der Waals surface area contributed by atoms with Crippen molar-refractivity contribution in [3.8, 4) is 10.4 Å². The Balaban J connectivity index is 2.58. The number of anilines is 1. The molecule has 1 heterocycles. The van der Waals surface area contributed by atoms with Crippen molar-refractivity contribution in [2.75, 3.05) is 26.1 Å². The second-order valence-electron chi connectivity index (χ2n) is 4.86. The number of carbonyl (C=O) groups excluding carboxylic acids is 1. The van der Waals surface area contributed by atoms with Crippen LogP contribution in [-0.4, -0.2) is 32.2 Å². The fourth-order valence-corrected chi connectivity index (χ4v) is 2.79. The van der Waals surface area contributed by atoms with E-state index in [1.54, 1.807) is 0 Å². The molecule has 0 saturated carbocycles. The van der Waals surface area contributed by atoms with Crippen molar-refractivity contribution in [2.45, 2.75) is 13.8 Å². The van der Waals surface area contributed by atoms with Gasteiger partial charge in [-0.25, -0.2) is 9.78 Å². The average Bonchev–Trinajstić information content (AvgIpc) is 2.86. The quantitative estimate of drug-likeness (QED) is 0.814. The summed E-state index contributed by atoms with van der Waals surface area (Å²) in [4.78, 5) is 19.0. The molecule has 2 aromatic rings. The van der Waals surface area contributed by atoms with Crippen LogP contribution >= 0.6 is 11.3 Å². The zero-order chi connectivity index (χ0) is 14.9. The third-order valence-electron chi connectivity index (χ3n) is 3.15. The summed E-state index contributed by atoms with van der Waals surface area (Å²) in [5.41, 5.74) is 3.80. The van der Waals surface area contributed by atoms with Gasteiger partial charge in [0.05, 0.1) is 12.0 Å². The molecule has 0 radical (unpaired) electrons. The molecule has 1 aromatic heterocycles. The average molecular weight is 290 g/mol. The Labute approximate surface area is 123 Å². The first-order valence-electron chi connectivity index (χ1n) is 6.28. The lowest BCUT2D eigenvalue weighted by atomic mass is 10.0. The van der Waals surface area contributed by atoms with Crippen LogP contribution in [0.5, 0.6) is 0 Å². The lowest BCUT2D eigenvalue weighted by Gasteiger charge is -2.05. The Kier molecular flexibility index (Phi) is 4.09. The summed E-state index contributed by atoms with van der Waals surface area (Å²) >= 11 is 1.49. The molecule has 106 valence electrons. The van der Waals surface area contributed by atoms with E-state index in [1.807, 2.05) is 25.1 Å². The third kappa shape index (κ3) is 2.67. The van der Waals surface area contributed by atoms with E-state index in [-0.39, 0.29) is 0 Å². The van der Waals surface area contributed by atoms with Gasteiger partial charge in [-0.1, -0.05) is 29.5 Å². The largest absolute Gasteiger partial charge is 0.464 e. The van der Waals surface area contributed by atoms with Crippen LogP contribution in [0.1, 0.15) is 21.6 Å². The van der Waals surface area contributed by atoms with Crippen LogP contribution in [0.3, 0.4) is 0 Å². The standard InChI is InChI=1S/C15H18N2O2S/c1-9-6-7-11(8-10(9)2)13-12(14(18)19-5)16-15(20-13)17(3)4/h6-8H,1-5H3. The van der Waals surface area contributed by atoms with Gasteiger partial charge < -0.3 is 9.64 Å². The number of rotatable bonds is 3. The number of aromatic nitrogens is 1. The minimum atomic E-state index is -0.400. The molecular weight excluding hydrogens is 272 g/mol. The number of nitrogens with zero attached hydrogens (tertiary/aromatic N) is 2. The third-order valence-corrected chi connectivity index (χ3v) is 4.42. The number of aryl methyl sites for hydroxylation is 2. The van der Waals surface area contributed by atoms with Crippen LogP contribution in [-0.2, 0) is 4.74 Å². The number of hydrogen-bond donors (Lipinski definition) is 0. The van der Waals surface area contributed by atoms with Gasteiger partial charge in [0.25, 0.3) is 0 Å². The molecule has 0 N–H and O–H groups in total. The maximum atomic E-state index is 11.9. The van der Waals surface area contributed by atoms with Gasteiger partial charge in [-0.15, -0.1) is 0 Å². The van der Waals surface area contributed by atoms with E-state index in [1.165, 1.54) is 29.6 Å². The zero-order valence-corrected chi connectivity index (χ0v) is 13.2. The summed E-state index contributed by atoms with van der Waals surface area (Å²) in [6.07, 6.45) is 0. The highest BCUT2D eigenvalue weighted by atomic mass is 32.1. The minimum Gasteiger partial charge on any atom is -0.464 e. The van der Waals surface area contributed by atoms with Gasteiger partial charge in [0.1, 0.15) is 0 Å². The van der Waals surface area contributed by atoms with E-state index in [4.69, 9.17) is 4.74 Å². The van der Waals surface area contributed by atoms with E-state index in [0.29, 0.717) is 5.69 Å². The second kappa shape index (κ2) is 5.63. The molecule has 20 heavy (non-hydrogen) atoms. The first-order valence-corrected chi connectivity index (χ1v) is 7.09. The normalized spacial score (nSPS) is 10.4. The summed E-state index contributed by atoms with van der Waals surface area (Å²) in [5, 5.41) is 0.790. The topological polar surface area (TPSA) is 42.4 Å². The summed E-state index contributed by atoms with van der Waals surface area (Å²) in [6, 6.07) is 6.15. The number of methoxy groups -OCH3 is 1. The molecule has 0 fully saturated rings. The summed E-state index contributed by atoms with van der Waals surface area (Å²) in [6.45, 7) is 4.13. The maximum Gasteiger partial charge on any atom is 0.358 e. The van der Waals surface area contributed by atoms with Gasteiger partial charge in [-0.2, -0.15) is 0 Å². The van der Waals surface area contributed by atoms with Gasteiger partial charge in [-0.05, 0) is 30.5 Å². The predicted octanol–water partition coefficient (Wildman–Crippen LogP) is 3.28. The number of esters is 1. The van der Waals surface area contributed by atoms with Crippen molar-refractivity contribution in [3.63, 3.8) is 0 Å². The van der Waals surface area contributed by atoms with E-state index >= 15 is 0 Å². The number of benzene rings is 1. The molecule has 0 amide bonds. The molecule has 0 spiro atoms. The van der Waals surface area contributed by atoms with Gasteiger partial charge in [0, 0.05) is 14.1 Å². The highest BCUT2D eigenvalue weighted by molar-refractivity contribution is 7.19. The van der Waals surface area contributed by atoms with Crippen molar-refractivity contribution in [1.82, 2.24) is 4.98 Å². The minimum absolute atomic E-state index is 0.379. The molecule has 1 aromatic carbocycles. The SMILES string of the molecule is COC(=O)c1nc(N(C)C)sc1-c1ccc(C)c(C)c1. The summed E-state index contributed by atoms with van der Waals surface area (Å²) < 4.78 is 4.83. The van der Waals surface area contributed by atoms with Crippen LogP contribution < -0.4 is 4.90 Å². The fourth-order valence-electron chi connectivity index (χ4n) is 1.81. The Bertz CT molecular complexity index is 647. The second-order valence-corrected chi connectivity index (χ2v) is 5.84. The molecule has 4 nitrogen and oxygen atoms in total. The molecule has 0 unspecified atom stereocenters. The number of carbonyl (C=O) groups is 1. The molecule has 0 bridgehead atoms. The molecule has 0 aliphatic rings. The van der Waals surface area contributed by atoms with E-state index < -0.39 is 5.97 Å². The highest BCUT2D eigenvalue weighted by Crippen LogP contribution is 2.35. The molecular formula is C15H18N2O2S. The van der Waals surface area contributed by atoms with Gasteiger partial charge in [-0.3, -0.25) is 0 Å². The number of ether oxygens (including phenoxy) is 1. The predicted molar refractivity (Wildman–Crippen MR) is 82.7 cm³/mol. The molecule has 2 rings (SSSR count). The van der Waals surface area contributed by atoms with Crippen LogP contribution in [0, 0.1) is 13.8 Å². The summed E-state index contributed by atoms with van der Waals surface area (Å²) in [5.74, 6) is -0.400. The molecule has 0 aliphatic heterocycles. The van der Waals surface area contributed by atoms with Crippen LogP contribution in [0.15, 0.2) is 18.2 Å². The van der Waals surface area contributed by atoms with Crippen LogP contribution in [0.4, 0.5) is 5.13 Å².